The van der Waals surface area contributed by atoms with Crippen molar-refractivity contribution in [3.05, 3.63) is 29.6 Å². The van der Waals surface area contributed by atoms with E-state index in [1.54, 1.807) is 19.1 Å². The number of hydrogen-bond donors (Lipinski definition) is 1. The number of aliphatic hydroxyl groups excluding tert-OH is 1. The van der Waals surface area contributed by atoms with Crippen LogP contribution in [0.1, 0.15) is 31.4 Å². The van der Waals surface area contributed by atoms with Crippen molar-refractivity contribution in [3.63, 3.8) is 0 Å². The molecule has 0 aromatic heterocycles. The number of rotatable bonds is 2. The van der Waals surface area contributed by atoms with E-state index >= 15 is 0 Å². The Hall–Kier alpha value is -1.13. The predicted octanol–water partition coefficient (Wildman–Crippen LogP) is 2.25. The molecule has 1 N–H and O–H groups in total. The van der Waals surface area contributed by atoms with Gasteiger partial charge >= 0.3 is 0 Å². The molecule has 0 radical (unpaired) electrons. The van der Waals surface area contributed by atoms with E-state index in [2.05, 4.69) is 0 Å². The van der Waals surface area contributed by atoms with Crippen LogP contribution in [0.25, 0.3) is 0 Å². The Morgan fingerprint density at radius 3 is 2.61 bits per heavy atom. The summed E-state index contributed by atoms with van der Waals surface area (Å²) in [5.74, 6) is -0.255. The summed E-state index contributed by atoms with van der Waals surface area (Å²) >= 11 is 0. The molecule has 4 heteroatoms. The molecule has 2 fully saturated rings. The third kappa shape index (κ3) is 1.99. The van der Waals surface area contributed by atoms with Crippen LogP contribution >= 0.6 is 0 Å². The van der Waals surface area contributed by atoms with Crippen LogP contribution in [-0.4, -0.2) is 30.4 Å². The Morgan fingerprint density at radius 2 is 2.00 bits per heavy atom. The molecule has 2 saturated heterocycles. The Labute approximate surface area is 106 Å². The first-order chi connectivity index (χ1) is 8.65. The van der Waals surface area contributed by atoms with Crippen LogP contribution < -0.4 is 4.90 Å². The summed E-state index contributed by atoms with van der Waals surface area (Å²) in [6, 6.07) is 4.90. The number of morpholine rings is 1. The minimum Gasteiger partial charge on any atom is -0.389 e. The summed E-state index contributed by atoms with van der Waals surface area (Å²) in [5.41, 5.74) is 1.21. The maximum Gasteiger partial charge on any atom is 0.146 e. The highest BCUT2D eigenvalue weighted by molar-refractivity contribution is 5.56. The largest absolute Gasteiger partial charge is 0.389 e. The van der Waals surface area contributed by atoms with Gasteiger partial charge in [-0.05, 0) is 25.8 Å². The normalized spacial score (nSPS) is 28.5. The fraction of sp³-hybridized carbons (Fsp3) is 0.571. The summed E-state index contributed by atoms with van der Waals surface area (Å²) in [4.78, 5) is 2.03. The summed E-state index contributed by atoms with van der Waals surface area (Å²) in [6.07, 6.45) is 1.88. The highest BCUT2D eigenvalue weighted by Gasteiger charge is 2.35. The Morgan fingerprint density at radius 1 is 1.33 bits per heavy atom. The summed E-state index contributed by atoms with van der Waals surface area (Å²) < 4.78 is 19.8. The van der Waals surface area contributed by atoms with Crippen molar-refractivity contribution in [1.82, 2.24) is 0 Å². The second-order valence-corrected chi connectivity index (χ2v) is 5.22. The number of benzene rings is 1. The Balaban J connectivity index is 1.96. The Kier molecular flexibility index (Phi) is 2.99. The molecule has 1 aromatic carbocycles. The van der Waals surface area contributed by atoms with Crippen LogP contribution in [0.3, 0.4) is 0 Å². The molecule has 0 spiro atoms. The minimum atomic E-state index is -0.656. The van der Waals surface area contributed by atoms with Crippen LogP contribution in [0.2, 0.25) is 0 Å². The maximum absolute atomic E-state index is 14.1. The SMILES string of the molecule is C[C@H](O)c1cccc(F)c1N1CC2CCC(C1)O2. The van der Waals surface area contributed by atoms with Crippen LogP contribution in [0.5, 0.6) is 0 Å². The van der Waals surface area contributed by atoms with Gasteiger partial charge in [0, 0.05) is 18.7 Å². The molecule has 2 aliphatic rings. The van der Waals surface area contributed by atoms with Crippen molar-refractivity contribution in [2.24, 2.45) is 0 Å². The zero-order chi connectivity index (χ0) is 12.7. The van der Waals surface area contributed by atoms with Crippen LogP contribution in [0, 0.1) is 5.82 Å². The van der Waals surface area contributed by atoms with Crippen LogP contribution in [-0.2, 0) is 4.74 Å². The van der Waals surface area contributed by atoms with Crippen molar-refractivity contribution in [2.75, 3.05) is 18.0 Å². The van der Waals surface area contributed by atoms with E-state index in [1.165, 1.54) is 6.07 Å². The predicted molar refractivity (Wildman–Crippen MR) is 67.1 cm³/mol. The summed E-state index contributed by atoms with van der Waals surface area (Å²) in [6.45, 7) is 3.11. The Bertz CT molecular complexity index is 437. The molecule has 18 heavy (non-hydrogen) atoms. The monoisotopic (exact) mass is 251 g/mol. The first-order valence-electron chi connectivity index (χ1n) is 6.52. The molecular formula is C14H18FNO2. The fourth-order valence-electron chi connectivity index (χ4n) is 3.00. The summed E-state index contributed by atoms with van der Waals surface area (Å²) in [7, 11) is 0. The van der Waals surface area contributed by atoms with Gasteiger partial charge in [-0.25, -0.2) is 4.39 Å². The van der Waals surface area contributed by atoms with E-state index in [1.807, 2.05) is 4.90 Å². The highest BCUT2D eigenvalue weighted by Crippen LogP contribution is 2.35. The number of para-hydroxylation sites is 1. The average Bonchev–Trinajstić information content (AvgIpc) is 2.68. The number of nitrogens with zero attached hydrogens (tertiary/aromatic N) is 1. The van der Waals surface area contributed by atoms with Crippen molar-refractivity contribution in [2.45, 2.75) is 38.1 Å². The first kappa shape index (κ1) is 11.9. The number of halogens is 1. The maximum atomic E-state index is 14.1. The van der Waals surface area contributed by atoms with Gasteiger partial charge in [0.05, 0.1) is 24.0 Å². The second-order valence-electron chi connectivity index (χ2n) is 5.22. The molecule has 2 heterocycles. The van der Waals surface area contributed by atoms with Crippen LogP contribution in [0.4, 0.5) is 10.1 Å². The number of fused-ring (bicyclic) bond motifs is 2. The molecular weight excluding hydrogens is 233 g/mol. The fourth-order valence-corrected chi connectivity index (χ4v) is 3.00. The van der Waals surface area contributed by atoms with Crippen molar-refractivity contribution >= 4 is 5.69 Å². The number of anilines is 1. The zero-order valence-electron chi connectivity index (χ0n) is 10.5. The van der Waals surface area contributed by atoms with Crippen molar-refractivity contribution in [1.29, 1.82) is 0 Å². The second kappa shape index (κ2) is 4.52. The molecule has 0 amide bonds. The van der Waals surface area contributed by atoms with Crippen molar-refractivity contribution in [3.8, 4) is 0 Å². The molecule has 0 saturated carbocycles. The molecule has 2 bridgehead atoms. The smallest absolute Gasteiger partial charge is 0.146 e. The highest BCUT2D eigenvalue weighted by atomic mass is 19.1. The van der Waals surface area contributed by atoms with Crippen LogP contribution in [0.15, 0.2) is 18.2 Å². The van der Waals surface area contributed by atoms with Gasteiger partial charge in [0.15, 0.2) is 0 Å². The molecule has 3 atom stereocenters. The lowest BCUT2D eigenvalue weighted by molar-refractivity contribution is 0.0300. The molecule has 3 nitrogen and oxygen atoms in total. The molecule has 2 unspecified atom stereocenters. The number of ether oxygens (including phenoxy) is 1. The van der Waals surface area contributed by atoms with E-state index < -0.39 is 6.10 Å². The number of aliphatic hydroxyl groups is 1. The van der Waals surface area contributed by atoms with Gasteiger partial charge in [0.2, 0.25) is 0 Å². The lowest BCUT2D eigenvalue weighted by atomic mass is 10.1. The van der Waals surface area contributed by atoms with E-state index in [-0.39, 0.29) is 18.0 Å². The molecule has 1 aromatic rings. The van der Waals surface area contributed by atoms with E-state index in [9.17, 15) is 9.50 Å². The van der Waals surface area contributed by atoms with E-state index in [0.717, 1.165) is 25.9 Å². The molecule has 0 aliphatic carbocycles. The van der Waals surface area contributed by atoms with Gasteiger partial charge in [0.1, 0.15) is 5.82 Å². The standard InChI is InChI=1S/C14H18FNO2/c1-9(17)12-3-2-4-13(15)14(12)16-7-10-5-6-11(8-16)18-10/h2-4,9-11,17H,5-8H2,1H3/t9-,10?,11?/m0/s1. The minimum absolute atomic E-state index is 0.213. The topological polar surface area (TPSA) is 32.7 Å². The molecule has 98 valence electrons. The molecule has 3 rings (SSSR count). The average molecular weight is 251 g/mol. The molecule has 2 aliphatic heterocycles. The quantitative estimate of drug-likeness (QED) is 0.875. The van der Waals surface area contributed by atoms with Gasteiger partial charge in [-0.2, -0.15) is 0 Å². The van der Waals surface area contributed by atoms with Gasteiger partial charge in [-0.15, -0.1) is 0 Å². The summed E-state index contributed by atoms with van der Waals surface area (Å²) in [5, 5.41) is 9.78. The third-order valence-electron chi connectivity index (χ3n) is 3.83. The lowest BCUT2D eigenvalue weighted by Gasteiger charge is -2.35. The van der Waals surface area contributed by atoms with Crippen molar-refractivity contribution < 1.29 is 14.2 Å². The number of hydrogen-bond acceptors (Lipinski definition) is 3. The van der Waals surface area contributed by atoms with Gasteiger partial charge in [-0.3, -0.25) is 0 Å². The van der Waals surface area contributed by atoms with E-state index in [4.69, 9.17) is 4.74 Å². The van der Waals surface area contributed by atoms with Gasteiger partial charge in [0.25, 0.3) is 0 Å². The van der Waals surface area contributed by atoms with Gasteiger partial charge in [-0.1, -0.05) is 12.1 Å². The lowest BCUT2D eigenvalue weighted by Crippen LogP contribution is -2.43. The van der Waals surface area contributed by atoms with Gasteiger partial charge < -0.3 is 14.7 Å². The zero-order valence-corrected chi connectivity index (χ0v) is 10.5. The van der Waals surface area contributed by atoms with E-state index in [0.29, 0.717) is 11.3 Å². The first-order valence-corrected chi connectivity index (χ1v) is 6.52. The third-order valence-corrected chi connectivity index (χ3v) is 3.83.